The second-order valence-electron chi connectivity index (χ2n) is 4.64. The van der Waals surface area contributed by atoms with E-state index in [1.54, 1.807) is 18.2 Å². The molecular formula is C16H13ClFN3. The molecule has 1 heterocycles. The molecule has 0 amide bonds. The molecule has 0 radical (unpaired) electrons. The fraction of sp³-hybridized carbons (Fsp3) is 0.125. The first-order valence-corrected chi connectivity index (χ1v) is 7.02. The van der Waals surface area contributed by atoms with Gasteiger partial charge in [0.2, 0.25) is 0 Å². The maximum absolute atomic E-state index is 13.0. The molecule has 0 aliphatic carbocycles. The van der Waals surface area contributed by atoms with Crippen LogP contribution in [0.3, 0.4) is 0 Å². The van der Waals surface area contributed by atoms with Crippen LogP contribution < -0.4 is 5.32 Å². The van der Waals surface area contributed by atoms with Gasteiger partial charge >= 0.3 is 0 Å². The van der Waals surface area contributed by atoms with Gasteiger partial charge in [0.15, 0.2) is 0 Å². The van der Waals surface area contributed by atoms with Gasteiger partial charge < -0.3 is 5.32 Å². The largest absolute Gasteiger partial charge is 0.340 e. The van der Waals surface area contributed by atoms with Crippen molar-refractivity contribution in [3.8, 4) is 0 Å². The van der Waals surface area contributed by atoms with E-state index >= 15 is 0 Å². The van der Waals surface area contributed by atoms with Crippen LogP contribution in [0.2, 0.25) is 5.02 Å². The zero-order valence-electron chi connectivity index (χ0n) is 11.4. The molecule has 3 aromatic rings. The summed E-state index contributed by atoms with van der Waals surface area (Å²) in [5.74, 6) is 1.16. The van der Waals surface area contributed by atoms with E-state index in [4.69, 9.17) is 11.6 Å². The first-order chi connectivity index (χ1) is 10.2. The third-order valence-electron chi connectivity index (χ3n) is 3.13. The molecule has 0 saturated carbocycles. The quantitative estimate of drug-likeness (QED) is 0.760. The number of nitrogens with zero attached hydrogens (tertiary/aromatic N) is 2. The minimum atomic E-state index is -0.269. The lowest BCUT2D eigenvalue weighted by Gasteiger charge is -2.10. The van der Waals surface area contributed by atoms with Gasteiger partial charge in [-0.3, -0.25) is 0 Å². The Morgan fingerprint density at radius 2 is 1.86 bits per heavy atom. The van der Waals surface area contributed by atoms with E-state index in [1.165, 1.54) is 12.1 Å². The van der Waals surface area contributed by atoms with Crippen LogP contribution in [0, 0.1) is 5.82 Å². The van der Waals surface area contributed by atoms with E-state index in [0.29, 0.717) is 10.8 Å². The molecule has 0 aliphatic heterocycles. The highest BCUT2D eigenvalue weighted by Crippen LogP contribution is 2.26. The summed E-state index contributed by atoms with van der Waals surface area (Å²) in [7, 11) is 0. The Morgan fingerprint density at radius 1 is 1.10 bits per heavy atom. The molecule has 0 saturated heterocycles. The number of hydrogen-bond acceptors (Lipinski definition) is 3. The van der Waals surface area contributed by atoms with Crippen LogP contribution in [-0.4, -0.2) is 9.97 Å². The van der Waals surface area contributed by atoms with E-state index in [1.807, 2.05) is 19.1 Å². The summed E-state index contributed by atoms with van der Waals surface area (Å²) in [6.45, 7) is 1.99. The first kappa shape index (κ1) is 13.8. The lowest BCUT2D eigenvalue weighted by atomic mass is 10.2. The van der Waals surface area contributed by atoms with E-state index in [0.717, 1.165) is 28.8 Å². The van der Waals surface area contributed by atoms with E-state index in [-0.39, 0.29) is 5.82 Å². The van der Waals surface area contributed by atoms with Crippen molar-refractivity contribution in [2.24, 2.45) is 0 Å². The van der Waals surface area contributed by atoms with Crippen LogP contribution in [0.5, 0.6) is 0 Å². The van der Waals surface area contributed by atoms with Crippen LogP contribution >= 0.6 is 11.6 Å². The average Bonchev–Trinajstić information content (AvgIpc) is 2.49. The molecule has 106 valence electrons. The van der Waals surface area contributed by atoms with Crippen molar-refractivity contribution in [3.05, 3.63) is 59.1 Å². The van der Waals surface area contributed by atoms with Gasteiger partial charge in [-0.25, -0.2) is 14.4 Å². The standard InChI is InChI=1S/C16H13ClFN3/c1-2-15-20-14-9-10(17)3-8-13(14)16(21-15)19-12-6-4-11(18)5-7-12/h3-9H,2H2,1H3,(H,19,20,21). The van der Waals surface area contributed by atoms with Crippen LogP contribution in [0.1, 0.15) is 12.7 Å². The number of rotatable bonds is 3. The topological polar surface area (TPSA) is 37.8 Å². The zero-order valence-corrected chi connectivity index (χ0v) is 12.2. The Kier molecular flexibility index (Phi) is 3.71. The Bertz CT molecular complexity index is 787. The first-order valence-electron chi connectivity index (χ1n) is 6.64. The Balaban J connectivity index is 2.09. The highest BCUT2D eigenvalue weighted by molar-refractivity contribution is 6.31. The summed E-state index contributed by atoms with van der Waals surface area (Å²) in [6.07, 6.45) is 0.723. The normalized spacial score (nSPS) is 10.8. The van der Waals surface area contributed by atoms with Crippen LogP contribution in [0.15, 0.2) is 42.5 Å². The fourth-order valence-electron chi connectivity index (χ4n) is 2.07. The van der Waals surface area contributed by atoms with Crippen molar-refractivity contribution in [3.63, 3.8) is 0 Å². The molecular weight excluding hydrogens is 289 g/mol. The molecule has 0 unspecified atom stereocenters. The summed E-state index contributed by atoms with van der Waals surface area (Å²) in [4.78, 5) is 8.98. The maximum atomic E-state index is 13.0. The molecule has 0 aliphatic rings. The van der Waals surface area contributed by atoms with E-state index in [2.05, 4.69) is 15.3 Å². The van der Waals surface area contributed by atoms with Crippen molar-refractivity contribution in [1.82, 2.24) is 9.97 Å². The minimum Gasteiger partial charge on any atom is -0.340 e. The molecule has 0 atom stereocenters. The number of hydrogen-bond donors (Lipinski definition) is 1. The zero-order chi connectivity index (χ0) is 14.8. The Morgan fingerprint density at radius 3 is 2.57 bits per heavy atom. The molecule has 3 nitrogen and oxygen atoms in total. The van der Waals surface area contributed by atoms with E-state index in [9.17, 15) is 4.39 Å². The summed E-state index contributed by atoms with van der Waals surface area (Å²) < 4.78 is 13.0. The lowest BCUT2D eigenvalue weighted by Crippen LogP contribution is -2.01. The van der Waals surface area contributed by atoms with Crippen molar-refractivity contribution in [1.29, 1.82) is 0 Å². The van der Waals surface area contributed by atoms with Gasteiger partial charge in [0, 0.05) is 22.5 Å². The van der Waals surface area contributed by atoms with Gasteiger partial charge in [-0.05, 0) is 42.5 Å². The maximum Gasteiger partial charge on any atom is 0.142 e. The lowest BCUT2D eigenvalue weighted by molar-refractivity contribution is 0.628. The second kappa shape index (κ2) is 5.66. The molecule has 0 fully saturated rings. The molecule has 0 spiro atoms. The molecule has 21 heavy (non-hydrogen) atoms. The number of nitrogens with one attached hydrogen (secondary N) is 1. The molecule has 3 rings (SSSR count). The number of halogens is 2. The monoisotopic (exact) mass is 301 g/mol. The molecule has 0 bridgehead atoms. The van der Waals surface area contributed by atoms with Crippen LogP contribution in [-0.2, 0) is 6.42 Å². The number of fused-ring (bicyclic) bond motifs is 1. The molecule has 1 aromatic heterocycles. The van der Waals surface area contributed by atoms with Gasteiger partial charge in [0.25, 0.3) is 0 Å². The summed E-state index contributed by atoms with van der Waals surface area (Å²) in [5, 5.41) is 4.72. The van der Waals surface area contributed by atoms with Gasteiger partial charge in [0.05, 0.1) is 5.52 Å². The van der Waals surface area contributed by atoms with Crippen molar-refractivity contribution < 1.29 is 4.39 Å². The highest BCUT2D eigenvalue weighted by atomic mass is 35.5. The third kappa shape index (κ3) is 2.95. The van der Waals surface area contributed by atoms with Crippen molar-refractivity contribution >= 4 is 34.0 Å². The minimum absolute atomic E-state index is 0.269. The van der Waals surface area contributed by atoms with E-state index < -0.39 is 0 Å². The molecule has 1 N–H and O–H groups in total. The number of benzene rings is 2. The predicted octanol–water partition coefficient (Wildman–Crippen LogP) is 4.73. The second-order valence-corrected chi connectivity index (χ2v) is 5.07. The van der Waals surface area contributed by atoms with Gasteiger partial charge in [-0.15, -0.1) is 0 Å². The predicted molar refractivity (Wildman–Crippen MR) is 83.6 cm³/mol. The highest BCUT2D eigenvalue weighted by Gasteiger charge is 2.08. The van der Waals surface area contributed by atoms with Gasteiger partial charge in [0.1, 0.15) is 17.5 Å². The summed E-state index contributed by atoms with van der Waals surface area (Å²) >= 11 is 6.02. The number of anilines is 2. The SMILES string of the molecule is CCc1nc(Nc2ccc(F)cc2)c2ccc(Cl)cc2n1. The van der Waals surface area contributed by atoms with Gasteiger partial charge in [-0.1, -0.05) is 18.5 Å². The fourth-order valence-corrected chi connectivity index (χ4v) is 2.24. The smallest absolute Gasteiger partial charge is 0.142 e. The van der Waals surface area contributed by atoms with Crippen LogP contribution in [0.25, 0.3) is 10.9 Å². The molecule has 5 heteroatoms. The van der Waals surface area contributed by atoms with Crippen molar-refractivity contribution in [2.45, 2.75) is 13.3 Å². The Labute approximate surface area is 126 Å². The third-order valence-corrected chi connectivity index (χ3v) is 3.36. The number of aryl methyl sites for hydroxylation is 1. The average molecular weight is 302 g/mol. The van der Waals surface area contributed by atoms with Gasteiger partial charge in [-0.2, -0.15) is 0 Å². The molecule has 2 aromatic carbocycles. The Hall–Kier alpha value is -2.20. The summed E-state index contributed by atoms with van der Waals surface area (Å²) in [6, 6.07) is 11.6. The van der Waals surface area contributed by atoms with Crippen LogP contribution in [0.4, 0.5) is 15.9 Å². The summed E-state index contributed by atoms with van der Waals surface area (Å²) in [5.41, 5.74) is 1.56. The van der Waals surface area contributed by atoms with Crippen molar-refractivity contribution in [2.75, 3.05) is 5.32 Å². The number of aromatic nitrogens is 2.